The van der Waals surface area contributed by atoms with Gasteiger partial charge in [-0.2, -0.15) is 5.21 Å². The lowest BCUT2D eigenvalue weighted by Gasteiger charge is -2.21. The normalized spacial score (nSPS) is 20.3. The molecular weight excluding hydrogens is 418 g/mol. The molecule has 2 fully saturated rings. The predicted molar refractivity (Wildman–Crippen MR) is 125 cm³/mol. The summed E-state index contributed by atoms with van der Waals surface area (Å²) in [5.74, 6) is 3.26. The Morgan fingerprint density at radius 3 is 2.55 bits per heavy atom. The monoisotopic (exact) mass is 447 g/mol. The molecule has 2 N–H and O–H groups in total. The van der Waals surface area contributed by atoms with Crippen LogP contribution >= 0.6 is 0 Å². The molecule has 33 heavy (non-hydrogen) atoms. The molecule has 2 atom stereocenters. The Balaban J connectivity index is 1.39. The maximum Gasteiger partial charge on any atom is 0.227 e. The minimum Gasteiger partial charge on any atom is -0.493 e. The van der Waals surface area contributed by atoms with Crippen LogP contribution in [0.4, 0.5) is 5.69 Å². The van der Waals surface area contributed by atoms with Crippen molar-refractivity contribution < 1.29 is 14.3 Å². The van der Waals surface area contributed by atoms with E-state index in [1.807, 2.05) is 36.4 Å². The Labute approximate surface area is 193 Å². The van der Waals surface area contributed by atoms with E-state index in [2.05, 4.69) is 25.9 Å². The van der Waals surface area contributed by atoms with E-state index in [9.17, 15) is 4.79 Å². The third-order valence-electron chi connectivity index (χ3n) is 7.00. The number of H-pyrrole nitrogens is 1. The molecule has 5 rings (SSSR count). The lowest BCUT2D eigenvalue weighted by Crippen LogP contribution is -2.18. The summed E-state index contributed by atoms with van der Waals surface area (Å²) in [6.07, 6.45) is 7.51. The van der Waals surface area contributed by atoms with Crippen molar-refractivity contribution in [1.82, 2.24) is 20.6 Å². The molecule has 0 saturated heterocycles. The van der Waals surface area contributed by atoms with Crippen molar-refractivity contribution >= 4 is 11.6 Å². The van der Waals surface area contributed by atoms with Gasteiger partial charge in [0.15, 0.2) is 11.5 Å². The van der Waals surface area contributed by atoms with Gasteiger partial charge in [-0.3, -0.25) is 4.79 Å². The second kappa shape index (κ2) is 9.21. The van der Waals surface area contributed by atoms with E-state index >= 15 is 0 Å². The van der Waals surface area contributed by atoms with Gasteiger partial charge >= 0.3 is 0 Å². The number of carbonyl (C=O) groups is 1. The Kier molecular flexibility index (Phi) is 5.98. The molecule has 1 amide bonds. The molecule has 2 aliphatic carbocycles. The van der Waals surface area contributed by atoms with Gasteiger partial charge in [0, 0.05) is 17.2 Å². The standard InChI is InChI=1S/C25H29N5O3/c1-32-22-11-8-16(12-23(22)33-2)18-10-9-17(13-20(18)24-27-29-30-28-24)26-25(31)21-14-19(21)15-6-4-3-5-7-15/h8-13,15,19,21H,3-7,14H2,1-2H3,(H,26,31)(H,27,28,29,30)/t19-,21+/m0/s1. The van der Waals surface area contributed by atoms with Gasteiger partial charge in [0.05, 0.1) is 14.2 Å². The summed E-state index contributed by atoms with van der Waals surface area (Å²) in [4.78, 5) is 12.9. The van der Waals surface area contributed by atoms with Crippen molar-refractivity contribution in [3.05, 3.63) is 36.4 Å². The third kappa shape index (κ3) is 4.42. The first kappa shape index (κ1) is 21.4. The van der Waals surface area contributed by atoms with Crippen LogP contribution in [0.5, 0.6) is 11.5 Å². The zero-order chi connectivity index (χ0) is 22.8. The number of hydrogen-bond acceptors (Lipinski definition) is 6. The Morgan fingerprint density at radius 2 is 1.82 bits per heavy atom. The van der Waals surface area contributed by atoms with Crippen LogP contribution in [0.2, 0.25) is 0 Å². The number of nitrogens with zero attached hydrogens (tertiary/aromatic N) is 3. The molecule has 0 radical (unpaired) electrons. The van der Waals surface area contributed by atoms with Crippen LogP contribution in [0.15, 0.2) is 36.4 Å². The molecule has 2 aliphatic rings. The number of hydrogen-bond donors (Lipinski definition) is 2. The lowest BCUT2D eigenvalue weighted by molar-refractivity contribution is -0.117. The van der Waals surface area contributed by atoms with Gasteiger partial charge in [-0.15, -0.1) is 10.2 Å². The largest absolute Gasteiger partial charge is 0.493 e. The second-order valence-electron chi connectivity index (χ2n) is 8.96. The van der Waals surface area contributed by atoms with Crippen LogP contribution in [0.1, 0.15) is 38.5 Å². The van der Waals surface area contributed by atoms with Gasteiger partial charge in [0.2, 0.25) is 11.7 Å². The van der Waals surface area contributed by atoms with Crippen LogP contribution in [0, 0.1) is 17.8 Å². The fourth-order valence-electron chi connectivity index (χ4n) is 5.17. The van der Waals surface area contributed by atoms with Gasteiger partial charge < -0.3 is 14.8 Å². The molecule has 8 heteroatoms. The topological polar surface area (TPSA) is 102 Å². The van der Waals surface area contributed by atoms with E-state index in [1.165, 1.54) is 32.1 Å². The summed E-state index contributed by atoms with van der Waals surface area (Å²) < 4.78 is 10.8. The number of rotatable bonds is 7. The fourth-order valence-corrected chi connectivity index (χ4v) is 5.17. The summed E-state index contributed by atoms with van der Waals surface area (Å²) in [5.41, 5.74) is 3.33. The number of aromatic amines is 1. The molecule has 0 spiro atoms. The zero-order valence-corrected chi connectivity index (χ0v) is 19.0. The molecule has 1 aromatic heterocycles. The summed E-state index contributed by atoms with van der Waals surface area (Å²) in [5, 5.41) is 17.7. The van der Waals surface area contributed by atoms with Crippen molar-refractivity contribution in [2.75, 3.05) is 19.5 Å². The van der Waals surface area contributed by atoms with Crippen molar-refractivity contribution in [1.29, 1.82) is 0 Å². The van der Waals surface area contributed by atoms with E-state index < -0.39 is 0 Å². The van der Waals surface area contributed by atoms with Crippen molar-refractivity contribution in [2.45, 2.75) is 38.5 Å². The van der Waals surface area contributed by atoms with Crippen LogP contribution in [-0.2, 0) is 4.79 Å². The smallest absolute Gasteiger partial charge is 0.227 e. The third-order valence-corrected chi connectivity index (χ3v) is 7.00. The van der Waals surface area contributed by atoms with Crippen LogP contribution < -0.4 is 14.8 Å². The number of amides is 1. The van der Waals surface area contributed by atoms with Crippen molar-refractivity contribution in [2.24, 2.45) is 17.8 Å². The van der Waals surface area contributed by atoms with Crippen LogP contribution in [-0.4, -0.2) is 40.8 Å². The maximum atomic E-state index is 12.9. The number of anilines is 1. The average Bonchev–Trinajstić information content (AvgIpc) is 3.49. The molecule has 172 valence electrons. The summed E-state index contributed by atoms with van der Waals surface area (Å²) in [7, 11) is 3.22. The number of carbonyl (C=O) groups excluding carboxylic acids is 1. The van der Waals surface area contributed by atoms with Gasteiger partial charge in [0.25, 0.3) is 0 Å². The number of ether oxygens (including phenoxy) is 2. The first-order valence-corrected chi connectivity index (χ1v) is 11.6. The molecule has 3 aromatic rings. The van der Waals surface area contributed by atoms with E-state index in [-0.39, 0.29) is 11.8 Å². The van der Waals surface area contributed by atoms with Gasteiger partial charge in [-0.05, 0) is 58.9 Å². The van der Waals surface area contributed by atoms with E-state index in [0.29, 0.717) is 23.2 Å². The van der Waals surface area contributed by atoms with Crippen molar-refractivity contribution in [3.63, 3.8) is 0 Å². The second-order valence-corrected chi connectivity index (χ2v) is 8.96. The first-order valence-electron chi connectivity index (χ1n) is 11.6. The summed E-state index contributed by atoms with van der Waals surface area (Å²) >= 11 is 0. The number of methoxy groups -OCH3 is 2. The van der Waals surface area contributed by atoms with Crippen molar-refractivity contribution in [3.8, 4) is 34.0 Å². The highest BCUT2D eigenvalue weighted by atomic mass is 16.5. The Hall–Kier alpha value is -3.42. The van der Waals surface area contributed by atoms with E-state index in [4.69, 9.17) is 9.47 Å². The van der Waals surface area contributed by atoms with E-state index in [1.54, 1.807) is 14.2 Å². The molecule has 2 aromatic carbocycles. The highest BCUT2D eigenvalue weighted by Crippen LogP contribution is 2.50. The number of tetrazole rings is 1. The lowest BCUT2D eigenvalue weighted by atomic mass is 9.85. The van der Waals surface area contributed by atoms with Crippen LogP contribution in [0.3, 0.4) is 0 Å². The highest BCUT2D eigenvalue weighted by Gasteiger charge is 2.47. The number of benzene rings is 2. The Bertz CT molecular complexity index is 1130. The molecule has 1 heterocycles. The fraction of sp³-hybridized carbons (Fsp3) is 0.440. The van der Waals surface area contributed by atoms with Crippen LogP contribution in [0.25, 0.3) is 22.5 Å². The molecule has 2 saturated carbocycles. The zero-order valence-electron chi connectivity index (χ0n) is 19.0. The quantitative estimate of drug-likeness (QED) is 0.544. The van der Waals surface area contributed by atoms with Gasteiger partial charge in [0.1, 0.15) is 0 Å². The van der Waals surface area contributed by atoms with Gasteiger partial charge in [-0.25, -0.2) is 0 Å². The van der Waals surface area contributed by atoms with Gasteiger partial charge in [-0.1, -0.05) is 44.2 Å². The number of nitrogens with one attached hydrogen (secondary N) is 2. The molecular formula is C25H29N5O3. The molecule has 0 bridgehead atoms. The van der Waals surface area contributed by atoms with E-state index in [0.717, 1.165) is 34.7 Å². The Morgan fingerprint density at radius 1 is 1.00 bits per heavy atom. The molecule has 0 unspecified atom stereocenters. The SMILES string of the molecule is COc1ccc(-c2ccc(NC(=O)[C@@H]3C[C@H]3C3CCCCC3)cc2-c2nn[nH]n2)cc1OC. The predicted octanol–water partition coefficient (Wildman–Crippen LogP) is 4.71. The average molecular weight is 448 g/mol. The molecule has 0 aliphatic heterocycles. The number of aromatic nitrogens is 4. The first-order chi connectivity index (χ1) is 16.2. The summed E-state index contributed by atoms with van der Waals surface area (Å²) in [6, 6.07) is 11.5. The minimum absolute atomic E-state index is 0.114. The summed E-state index contributed by atoms with van der Waals surface area (Å²) in [6.45, 7) is 0. The molecule has 8 nitrogen and oxygen atoms in total. The maximum absolute atomic E-state index is 12.9. The highest BCUT2D eigenvalue weighted by molar-refractivity contribution is 5.96. The minimum atomic E-state index is 0.114.